The van der Waals surface area contributed by atoms with Crippen LogP contribution < -0.4 is 0 Å². The van der Waals surface area contributed by atoms with Gasteiger partial charge in [0.1, 0.15) is 0 Å². The lowest BCUT2D eigenvalue weighted by Gasteiger charge is -2.34. The van der Waals surface area contributed by atoms with Gasteiger partial charge in [0.25, 0.3) is 0 Å². The Balaban J connectivity index is 2.24. The molecule has 1 saturated carbocycles. The molecule has 0 unspecified atom stereocenters. The fourth-order valence-corrected chi connectivity index (χ4v) is 3.78. The number of H-pyrrole nitrogens is 1. The number of hydrogen-bond donors (Lipinski definition) is 1. The van der Waals surface area contributed by atoms with Crippen LogP contribution in [0.5, 0.6) is 0 Å². The summed E-state index contributed by atoms with van der Waals surface area (Å²) in [5, 5.41) is 6.16. The predicted molar refractivity (Wildman–Crippen MR) is 56.7 cm³/mol. The zero-order valence-electron chi connectivity index (χ0n) is 10.1. The van der Waals surface area contributed by atoms with E-state index < -0.39 is 11.9 Å². The number of fused-ring (bicyclic) bond motifs is 5. The highest BCUT2D eigenvalue weighted by atomic mass is 19.4. The summed E-state index contributed by atoms with van der Waals surface area (Å²) in [7, 11) is 0. The Morgan fingerprint density at radius 3 is 2.53 bits per heavy atom. The molecule has 0 aliphatic heterocycles. The number of nitrogens with zero attached hydrogens (tertiary/aromatic N) is 1. The monoisotopic (exact) mass is 244 g/mol. The molecule has 2 atom stereocenters. The summed E-state index contributed by atoms with van der Waals surface area (Å²) in [6.07, 6.45) is -2.57. The van der Waals surface area contributed by atoms with Gasteiger partial charge in [-0.2, -0.15) is 18.3 Å². The molecular formula is C12H15F3N2. The predicted octanol–water partition coefficient (Wildman–Crippen LogP) is 3.60. The van der Waals surface area contributed by atoms with E-state index in [2.05, 4.69) is 31.0 Å². The van der Waals surface area contributed by atoms with E-state index in [1.807, 2.05) is 0 Å². The maximum Gasteiger partial charge on any atom is 0.435 e. The van der Waals surface area contributed by atoms with Crippen LogP contribution in [0.25, 0.3) is 0 Å². The number of aromatic nitrogens is 2. The van der Waals surface area contributed by atoms with Crippen LogP contribution in [0, 0.1) is 5.41 Å². The fourth-order valence-electron chi connectivity index (χ4n) is 3.78. The summed E-state index contributed by atoms with van der Waals surface area (Å²) < 4.78 is 38.7. The van der Waals surface area contributed by atoms with Crippen molar-refractivity contribution in [2.75, 3.05) is 0 Å². The Hall–Kier alpha value is -1.00. The zero-order chi connectivity index (χ0) is 12.6. The molecule has 2 aliphatic carbocycles. The molecule has 0 aromatic carbocycles. The topological polar surface area (TPSA) is 28.7 Å². The largest absolute Gasteiger partial charge is 0.435 e. The van der Waals surface area contributed by atoms with Crippen LogP contribution in [0.15, 0.2) is 0 Å². The number of hydrogen-bond acceptors (Lipinski definition) is 1. The Labute approximate surface area is 97.6 Å². The van der Waals surface area contributed by atoms with Gasteiger partial charge in [0.15, 0.2) is 5.69 Å². The highest BCUT2D eigenvalue weighted by Crippen LogP contribution is 2.68. The van der Waals surface area contributed by atoms with Gasteiger partial charge in [-0.05, 0) is 24.2 Å². The normalized spacial score (nSPS) is 34.1. The van der Waals surface area contributed by atoms with Crippen molar-refractivity contribution in [1.82, 2.24) is 10.2 Å². The van der Waals surface area contributed by atoms with Crippen LogP contribution in [0.1, 0.15) is 56.5 Å². The molecule has 94 valence electrons. The van der Waals surface area contributed by atoms with Crippen molar-refractivity contribution >= 4 is 0 Å². The Kier molecular flexibility index (Phi) is 1.76. The van der Waals surface area contributed by atoms with Gasteiger partial charge in [0, 0.05) is 16.7 Å². The number of aromatic amines is 1. The summed E-state index contributed by atoms with van der Waals surface area (Å²) in [5.74, 6) is -0.0159. The highest BCUT2D eigenvalue weighted by molar-refractivity contribution is 5.48. The molecular weight excluding hydrogens is 229 g/mol. The third kappa shape index (κ3) is 1.06. The standard InChI is InChI=1S/C12H15F3N2/c1-10(2)6-4-5-11(10,3)8-7(6)9(17-16-8)12(13,14)15/h6H,4-5H2,1-3H3,(H,16,17)/t6-,11-/m1/s1. The van der Waals surface area contributed by atoms with Crippen molar-refractivity contribution in [3.63, 3.8) is 0 Å². The first-order chi connectivity index (χ1) is 7.69. The second-order valence-electron chi connectivity index (χ2n) is 6.00. The molecule has 5 heteroatoms. The van der Waals surface area contributed by atoms with E-state index in [9.17, 15) is 13.2 Å². The first-order valence-corrected chi connectivity index (χ1v) is 5.85. The Morgan fingerprint density at radius 1 is 1.29 bits per heavy atom. The third-order valence-corrected chi connectivity index (χ3v) is 5.20. The average molecular weight is 244 g/mol. The van der Waals surface area contributed by atoms with Crippen LogP contribution in [0.3, 0.4) is 0 Å². The van der Waals surface area contributed by atoms with Gasteiger partial charge in [0.05, 0.1) is 0 Å². The van der Waals surface area contributed by atoms with E-state index in [4.69, 9.17) is 0 Å². The van der Waals surface area contributed by atoms with Gasteiger partial charge in [-0.1, -0.05) is 20.8 Å². The lowest BCUT2D eigenvalue weighted by molar-refractivity contribution is -0.142. The van der Waals surface area contributed by atoms with Gasteiger partial charge in [-0.25, -0.2) is 0 Å². The van der Waals surface area contributed by atoms with E-state index in [-0.39, 0.29) is 16.7 Å². The van der Waals surface area contributed by atoms with Crippen LogP contribution in [-0.2, 0) is 11.6 Å². The number of alkyl halides is 3. The van der Waals surface area contributed by atoms with E-state index in [0.717, 1.165) is 12.8 Å². The van der Waals surface area contributed by atoms with Gasteiger partial charge in [-0.15, -0.1) is 0 Å². The van der Waals surface area contributed by atoms with Crippen molar-refractivity contribution in [2.45, 2.75) is 51.1 Å². The quantitative estimate of drug-likeness (QED) is 0.742. The molecule has 2 nitrogen and oxygen atoms in total. The summed E-state index contributed by atoms with van der Waals surface area (Å²) in [4.78, 5) is 0. The molecule has 17 heavy (non-hydrogen) atoms. The van der Waals surface area contributed by atoms with Crippen molar-refractivity contribution in [3.8, 4) is 0 Å². The zero-order valence-corrected chi connectivity index (χ0v) is 10.1. The Morgan fingerprint density at radius 2 is 1.94 bits per heavy atom. The summed E-state index contributed by atoms with van der Waals surface area (Å²) >= 11 is 0. The first-order valence-electron chi connectivity index (χ1n) is 5.85. The lowest BCUT2D eigenvalue weighted by Crippen LogP contribution is -2.32. The van der Waals surface area contributed by atoms with Crippen molar-refractivity contribution in [2.24, 2.45) is 5.41 Å². The van der Waals surface area contributed by atoms with Crippen molar-refractivity contribution in [1.29, 1.82) is 0 Å². The number of halogens is 3. The Bertz CT molecular complexity index is 486. The molecule has 0 radical (unpaired) electrons. The SMILES string of the molecule is CC1(C)[C@@H]2CC[C@]1(C)c1[nH]nc(C(F)(F)F)c12. The van der Waals surface area contributed by atoms with E-state index >= 15 is 0 Å². The van der Waals surface area contributed by atoms with Crippen molar-refractivity contribution < 1.29 is 13.2 Å². The summed E-state index contributed by atoms with van der Waals surface area (Å²) in [5.41, 5.74) is 0.136. The van der Waals surface area contributed by atoms with Crippen molar-refractivity contribution in [3.05, 3.63) is 17.0 Å². The smallest absolute Gasteiger partial charge is 0.281 e. The van der Waals surface area contributed by atoms with Crippen LogP contribution in [0.4, 0.5) is 13.2 Å². The van der Waals surface area contributed by atoms with Gasteiger partial charge >= 0.3 is 6.18 Å². The summed E-state index contributed by atoms with van der Waals surface area (Å²) in [6.45, 7) is 6.19. The second-order valence-corrected chi connectivity index (χ2v) is 6.00. The summed E-state index contributed by atoms with van der Waals surface area (Å²) in [6, 6.07) is 0. The minimum absolute atomic E-state index is 0.0159. The van der Waals surface area contributed by atoms with E-state index in [1.54, 1.807) is 0 Å². The molecule has 0 amide bonds. The molecule has 1 N–H and O–H groups in total. The van der Waals surface area contributed by atoms with Gasteiger partial charge in [0.2, 0.25) is 0 Å². The molecule has 2 bridgehead atoms. The first kappa shape index (κ1) is 11.1. The van der Waals surface area contributed by atoms with E-state index in [1.165, 1.54) is 0 Å². The number of rotatable bonds is 0. The van der Waals surface area contributed by atoms with Crippen LogP contribution in [-0.4, -0.2) is 10.2 Å². The molecule has 2 aliphatic rings. The van der Waals surface area contributed by atoms with Crippen LogP contribution in [0.2, 0.25) is 0 Å². The second kappa shape index (κ2) is 2.70. The molecule has 1 fully saturated rings. The minimum Gasteiger partial charge on any atom is -0.281 e. The maximum atomic E-state index is 12.9. The molecule has 1 heterocycles. The van der Waals surface area contributed by atoms with Gasteiger partial charge < -0.3 is 0 Å². The molecule has 3 rings (SSSR count). The molecule has 0 saturated heterocycles. The third-order valence-electron chi connectivity index (χ3n) is 5.20. The molecule has 0 spiro atoms. The molecule has 1 aromatic rings. The highest BCUT2D eigenvalue weighted by Gasteiger charge is 2.63. The average Bonchev–Trinajstić information content (AvgIpc) is 2.73. The minimum atomic E-state index is -4.35. The fraction of sp³-hybridized carbons (Fsp3) is 0.750. The van der Waals surface area contributed by atoms with E-state index in [0.29, 0.717) is 11.3 Å². The maximum absolute atomic E-state index is 12.9. The molecule has 1 aromatic heterocycles. The van der Waals surface area contributed by atoms with Gasteiger partial charge in [-0.3, -0.25) is 5.10 Å². The van der Waals surface area contributed by atoms with Crippen LogP contribution >= 0.6 is 0 Å². The lowest BCUT2D eigenvalue weighted by atomic mass is 9.70. The number of nitrogens with one attached hydrogen (secondary N) is 1.